The Balaban J connectivity index is 2.23. The van der Waals surface area contributed by atoms with Crippen molar-refractivity contribution in [3.8, 4) is 5.69 Å². The van der Waals surface area contributed by atoms with Gasteiger partial charge in [-0.1, -0.05) is 30.0 Å². The van der Waals surface area contributed by atoms with Crippen molar-refractivity contribution in [1.29, 1.82) is 5.41 Å². The number of amidine groups is 1. The molecule has 0 spiro atoms. The molecule has 0 saturated carbocycles. The van der Waals surface area contributed by atoms with Crippen LogP contribution in [0.3, 0.4) is 0 Å². The number of nitrogens with one attached hydrogen (secondary N) is 1. The summed E-state index contributed by atoms with van der Waals surface area (Å²) < 4.78 is 1.63. The number of thioether (sulfide) groups is 1. The number of para-hydroxylation sites is 1. The Hall–Kier alpha value is -1.89. The summed E-state index contributed by atoms with van der Waals surface area (Å²) in [5, 5.41) is 18.6. The van der Waals surface area contributed by atoms with Gasteiger partial charge >= 0.3 is 0 Å². The summed E-state index contributed by atoms with van der Waals surface area (Å²) in [6.07, 6.45) is 0. The standard InChI is InChI=1S/C9H10N6S/c10-9(11)16-6-8-12-13-14-15(8)7-4-2-1-3-5-7/h1-5H,6H2,(H3,10,11). The second-order valence-corrected chi connectivity index (χ2v) is 4.01. The molecule has 0 aliphatic rings. The van der Waals surface area contributed by atoms with E-state index in [1.54, 1.807) is 4.68 Å². The Labute approximate surface area is 96.4 Å². The maximum atomic E-state index is 7.13. The molecule has 0 amide bonds. The van der Waals surface area contributed by atoms with Gasteiger partial charge in [-0.2, -0.15) is 4.68 Å². The molecule has 16 heavy (non-hydrogen) atoms. The van der Waals surface area contributed by atoms with Crippen LogP contribution in [0.5, 0.6) is 0 Å². The molecule has 0 aliphatic carbocycles. The molecule has 0 unspecified atom stereocenters. The predicted octanol–water partition coefficient (Wildman–Crippen LogP) is 0.789. The van der Waals surface area contributed by atoms with Crippen LogP contribution in [0, 0.1) is 5.41 Å². The van der Waals surface area contributed by atoms with E-state index in [0.29, 0.717) is 11.6 Å². The average Bonchev–Trinajstić information content (AvgIpc) is 2.75. The van der Waals surface area contributed by atoms with E-state index in [9.17, 15) is 0 Å². The molecule has 1 aromatic heterocycles. The third-order valence-corrected chi connectivity index (χ3v) is 2.61. The molecule has 0 radical (unpaired) electrons. The first-order valence-corrected chi connectivity index (χ1v) is 5.55. The van der Waals surface area contributed by atoms with Crippen LogP contribution < -0.4 is 5.73 Å². The fraction of sp³-hybridized carbons (Fsp3) is 0.111. The summed E-state index contributed by atoms with van der Waals surface area (Å²) in [5.41, 5.74) is 6.16. The molecule has 0 saturated heterocycles. The third kappa shape index (κ3) is 2.37. The Kier molecular flexibility index (Phi) is 3.16. The minimum atomic E-state index is 0.0580. The van der Waals surface area contributed by atoms with Crippen molar-refractivity contribution in [2.24, 2.45) is 5.73 Å². The van der Waals surface area contributed by atoms with Gasteiger partial charge in [0.1, 0.15) is 0 Å². The lowest BCUT2D eigenvalue weighted by atomic mass is 10.3. The number of rotatable bonds is 3. The highest BCUT2D eigenvalue weighted by molar-refractivity contribution is 8.13. The SMILES string of the molecule is N=C(N)SCc1nnnn1-c1ccccc1. The number of nitrogens with zero attached hydrogens (tertiary/aromatic N) is 4. The van der Waals surface area contributed by atoms with Crippen LogP contribution in [0.4, 0.5) is 0 Å². The van der Waals surface area contributed by atoms with Gasteiger partial charge in [0.15, 0.2) is 11.0 Å². The summed E-state index contributed by atoms with van der Waals surface area (Å²) in [5.74, 6) is 1.16. The van der Waals surface area contributed by atoms with Crippen molar-refractivity contribution in [3.63, 3.8) is 0 Å². The van der Waals surface area contributed by atoms with Crippen LogP contribution in [0.2, 0.25) is 0 Å². The first-order chi connectivity index (χ1) is 7.77. The number of tetrazole rings is 1. The molecular formula is C9H10N6S. The zero-order chi connectivity index (χ0) is 11.4. The van der Waals surface area contributed by atoms with Gasteiger partial charge in [-0.05, 0) is 22.6 Å². The quantitative estimate of drug-likeness (QED) is 0.605. The molecule has 0 atom stereocenters. The number of hydrogen-bond acceptors (Lipinski definition) is 5. The molecule has 7 heteroatoms. The zero-order valence-electron chi connectivity index (χ0n) is 8.37. The number of aromatic nitrogens is 4. The van der Waals surface area contributed by atoms with Crippen molar-refractivity contribution >= 4 is 16.9 Å². The monoisotopic (exact) mass is 234 g/mol. The average molecular weight is 234 g/mol. The van der Waals surface area contributed by atoms with Gasteiger partial charge in [0.25, 0.3) is 0 Å². The first kappa shape index (κ1) is 10.6. The van der Waals surface area contributed by atoms with Crippen molar-refractivity contribution in [2.45, 2.75) is 5.75 Å². The zero-order valence-corrected chi connectivity index (χ0v) is 9.18. The smallest absolute Gasteiger partial charge is 0.167 e. The predicted molar refractivity (Wildman–Crippen MR) is 62.4 cm³/mol. The Bertz CT molecular complexity index is 480. The van der Waals surface area contributed by atoms with Crippen molar-refractivity contribution < 1.29 is 0 Å². The van der Waals surface area contributed by atoms with Crippen molar-refractivity contribution in [2.75, 3.05) is 0 Å². The molecule has 0 fully saturated rings. The Morgan fingerprint density at radius 2 is 2.12 bits per heavy atom. The van der Waals surface area contributed by atoms with Crippen LogP contribution in [0.1, 0.15) is 5.82 Å². The molecule has 1 aromatic carbocycles. The first-order valence-electron chi connectivity index (χ1n) is 4.57. The van der Waals surface area contributed by atoms with Crippen LogP contribution in [0.15, 0.2) is 30.3 Å². The van der Waals surface area contributed by atoms with E-state index in [2.05, 4.69) is 15.5 Å². The van der Waals surface area contributed by atoms with E-state index in [4.69, 9.17) is 11.1 Å². The second-order valence-electron chi connectivity index (χ2n) is 3.00. The van der Waals surface area contributed by atoms with Gasteiger partial charge in [0.05, 0.1) is 11.4 Å². The van der Waals surface area contributed by atoms with Gasteiger partial charge in [-0.3, -0.25) is 5.41 Å². The van der Waals surface area contributed by atoms with E-state index >= 15 is 0 Å². The second kappa shape index (κ2) is 4.75. The summed E-state index contributed by atoms with van der Waals surface area (Å²) in [7, 11) is 0. The Morgan fingerprint density at radius 3 is 2.81 bits per heavy atom. The molecule has 2 aromatic rings. The molecule has 3 N–H and O–H groups in total. The molecule has 6 nitrogen and oxygen atoms in total. The summed E-state index contributed by atoms with van der Waals surface area (Å²) in [4.78, 5) is 0. The topological polar surface area (TPSA) is 93.5 Å². The van der Waals surface area contributed by atoms with E-state index in [1.807, 2.05) is 30.3 Å². The van der Waals surface area contributed by atoms with E-state index < -0.39 is 0 Å². The maximum Gasteiger partial charge on any atom is 0.167 e. The molecule has 1 heterocycles. The lowest BCUT2D eigenvalue weighted by Gasteiger charge is -2.02. The largest absolute Gasteiger partial charge is 0.379 e. The minimum absolute atomic E-state index is 0.0580. The lowest BCUT2D eigenvalue weighted by Crippen LogP contribution is -2.07. The number of hydrogen-bond donors (Lipinski definition) is 2. The number of benzene rings is 1. The van der Waals surface area contributed by atoms with Gasteiger partial charge in [-0.25, -0.2) is 0 Å². The minimum Gasteiger partial charge on any atom is -0.379 e. The summed E-state index contributed by atoms with van der Waals surface area (Å²) in [6.45, 7) is 0. The highest BCUT2D eigenvalue weighted by Crippen LogP contribution is 2.12. The normalized spacial score (nSPS) is 10.2. The molecule has 82 valence electrons. The molecular weight excluding hydrogens is 224 g/mol. The third-order valence-electron chi connectivity index (χ3n) is 1.89. The van der Waals surface area contributed by atoms with Crippen molar-refractivity contribution in [3.05, 3.63) is 36.2 Å². The highest BCUT2D eigenvalue weighted by atomic mass is 32.2. The molecule has 0 aliphatic heterocycles. The van der Waals surface area contributed by atoms with E-state index in [-0.39, 0.29) is 5.17 Å². The number of nitrogens with two attached hydrogens (primary N) is 1. The van der Waals surface area contributed by atoms with E-state index in [0.717, 1.165) is 5.69 Å². The van der Waals surface area contributed by atoms with Gasteiger partial charge < -0.3 is 5.73 Å². The van der Waals surface area contributed by atoms with Crippen molar-refractivity contribution in [1.82, 2.24) is 20.2 Å². The Morgan fingerprint density at radius 1 is 1.38 bits per heavy atom. The van der Waals surface area contributed by atoms with Crippen LogP contribution >= 0.6 is 11.8 Å². The van der Waals surface area contributed by atoms with Gasteiger partial charge in [0.2, 0.25) is 0 Å². The highest BCUT2D eigenvalue weighted by Gasteiger charge is 2.08. The van der Waals surface area contributed by atoms with Crippen LogP contribution in [-0.2, 0) is 5.75 Å². The molecule has 0 bridgehead atoms. The lowest BCUT2D eigenvalue weighted by molar-refractivity contribution is 0.778. The van der Waals surface area contributed by atoms with E-state index in [1.165, 1.54) is 11.8 Å². The fourth-order valence-corrected chi connectivity index (χ4v) is 1.67. The maximum absolute atomic E-state index is 7.13. The summed E-state index contributed by atoms with van der Waals surface area (Å²) >= 11 is 1.20. The summed E-state index contributed by atoms with van der Waals surface area (Å²) in [6, 6.07) is 9.59. The fourth-order valence-electron chi connectivity index (χ4n) is 1.21. The van der Waals surface area contributed by atoms with Gasteiger partial charge in [0, 0.05) is 0 Å². The molecule has 2 rings (SSSR count). The van der Waals surface area contributed by atoms with Crippen LogP contribution in [0.25, 0.3) is 5.69 Å². The van der Waals surface area contributed by atoms with Crippen LogP contribution in [-0.4, -0.2) is 25.4 Å². The van der Waals surface area contributed by atoms with Gasteiger partial charge in [-0.15, -0.1) is 5.10 Å².